The van der Waals surface area contributed by atoms with E-state index in [1.165, 1.54) is 6.07 Å². The molecule has 0 unspecified atom stereocenters. The fourth-order valence-corrected chi connectivity index (χ4v) is 3.49. The summed E-state index contributed by atoms with van der Waals surface area (Å²) >= 11 is 5.92. The summed E-state index contributed by atoms with van der Waals surface area (Å²) in [5, 5.41) is 25.1. The number of anilines is 1. The lowest BCUT2D eigenvalue weighted by atomic mass is 9.95. The first-order valence-corrected chi connectivity index (χ1v) is 9.26. The van der Waals surface area contributed by atoms with E-state index in [0.717, 1.165) is 44.6 Å². The molecule has 138 valence electrons. The zero-order chi connectivity index (χ0) is 18.1. The summed E-state index contributed by atoms with van der Waals surface area (Å²) in [5.74, 6) is 0.764. The van der Waals surface area contributed by atoms with Gasteiger partial charge in [0.1, 0.15) is 5.75 Å². The Bertz CT molecular complexity index is 798. The summed E-state index contributed by atoms with van der Waals surface area (Å²) in [5.41, 5.74) is 0.355. The third kappa shape index (κ3) is 3.81. The fourth-order valence-electron chi connectivity index (χ4n) is 3.32. The number of amides is 1. The number of hydrogen-bond acceptors (Lipinski definition) is 6. The smallest absolute Gasteiger partial charge is 0.227 e. The van der Waals surface area contributed by atoms with Gasteiger partial charge >= 0.3 is 0 Å². The molecule has 1 saturated carbocycles. The largest absolute Gasteiger partial charge is 0.506 e. The number of phenols is 1. The van der Waals surface area contributed by atoms with Crippen molar-refractivity contribution in [3.05, 3.63) is 29.0 Å². The molecule has 2 fully saturated rings. The number of likely N-dealkylation sites (tertiary alicyclic amines) is 1. The number of carbonyl (C=O) groups excluding carboxylic acids is 1. The van der Waals surface area contributed by atoms with Gasteiger partial charge in [-0.15, -0.1) is 5.10 Å². The third-order valence-corrected chi connectivity index (χ3v) is 5.23. The van der Waals surface area contributed by atoms with Gasteiger partial charge < -0.3 is 10.4 Å². The number of phenolic OH excluding ortho intramolecular Hbond substituents is 1. The van der Waals surface area contributed by atoms with Crippen LogP contribution in [0.3, 0.4) is 0 Å². The van der Waals surface area contributed by atoms with Crippen molar-refractivity contribution >= 4 is 23.2 Å². The van der Waals surface area contributed by atoms with Gasteiger partial charge in [-0.1, -0.05) is 11.6 Å². The van der Waals surface area contributed by atoms with Crippen molar-refractivity contribution in [3.8, 4) is 5.75 Å². The monoisotopic (exact) mass is 376 g/mol. The van der Waals surface area contributed by atoms with Crippen LogP contribution < -0.4 is 5.32 Å². The molecule has 0 atom stereocenters. The van der Waals surface area contributed by atoms with Crippen molar-refractivity contribution in [1.29, 1.82) is 0 Å². The van der Waals surface area contributed by atoms with Crippen LogP contribution in [0, 0.1) is 5.92 Å². The van der Waals surface area contributed by atoms with E-state index in [2.05, 4.69) is 25.7 Å². The second-order valence-electron chi connectivity index (χ2n) is 6.97. The molecule has 1 aliphatic heterocycles. The van der Waals surface area contributed by atoms with Crippen LogP contribution in [0.15, 0.2) is 18.2 Å². The number of aromatic nitrogens is 4. The molecular weight excluding hydrogens is 356 g/mol. The summed E-state index contributed by atoms with van der Waals surface area (Å²) in [4.78, 5) is 14.8. The second kappa shape index (κ2) is 7.20. The van der Waals surface area contributed by atoms with Crippen LogP contribution in [0.25, 0.3) is 0 Å². The van der Waals surface area contributed by atoms with E-state index in [1.807, 2.05) is 4.68 Å². The molecular formula is C17H21ClN6O2. The number of tetrazole rings is 1. The third-order valence-electron chi connectivity index (χ3n) is 4.99. The maximum absolute atomic E-state index is 12.5. The SMILES string of the molecule is O=C(Nc1cc(Cl)ccc1O)C1CCN(Cc2nnnn2C2CC2)CC1. The molecule has 1 aliphatic carbocycles. The van der Waals surface area contributed by atoms with Crippen molar-refractivity contribution in [2.75, 3.05) is 18.4 Å². The van der Waals surface area contributed by atoms with Gasteiger partial charge in [0, 0.05) is 10.9 Å². The maximum atomic E-state index is 12.5. The Labute approximate surface area is 156 Å². The van der Waals surface area contributed by atoms with Crippen LogP contribution in [0.4, 0.5) is 5.69 Å². The van der Waals surface area contributed by atoms with Gasteiger partial charge in [0.25, 0.3) is 0 Å². The zero-order valence-corrected chi connectivity index (χ0v) is 15.1. The Hall–Kier alpha value is -2.19. The van der Waals surface area contributed by atoms with E-state index < -0.39 is 0 Å². The molecule has 1 aromatic heterocycles. The van der Waals surface area contributed by atoms with E-state index in [4.69, 9.17) is 11.6 Å². The lowest BCUT2D eigenvalue weighted by molar-refractivity contribution is -0.121. The molecule has 9 heteroatoms. The summed E-state index contributed by atoms with van der Waals surface area (Å²) in [7, 11) is 0. The highest BCUT2D eigenvalue weighted by atomic mass is 35.5. The zero-order valence-electron chi connectivity index (χ0n) is 14.3. The van der Waals surface area contributed by atoms with E-state index in [0.29, 0.717) is 23.3 Å². The Balaban J connectivity index is 1.31. The molecule has 1 aromatic carbocycles. The van der Waals surface area contributed by atoms with Crippen LogP contribution in [0.5, 0.6) is 5.75 Å². The van der Waals surface area contributed by atoms with Crippen molar-refractivity contribution in [2.45, 2.75) is 38.3 Å². The minimum Gasteiger partial charge on any atom is -0.506 e. The van der Waals surface area contributed by atoms with E-state index in [-0.39, 0.29) is 17.6 Å². The molecule has 0 radical (unpaired) electrons. The molecule has 1 saturated heterocycles. The summed E-state index contributed by atoms with van der Waals surface area (Å²) in [6.07, 6.45) is 3.82. The van der Waals surface area contributed by atoms with Gasteiger partial charge in [-0.25, -0.2) is 4.68 Å². The van der Waals surface area contributed by atoms with Gasteiger partial charge in [0.2, 0.25) is 5.91 Å². The number of aromatic hydroxyl groups is 1. The molecule has 4 rings (SSSR count). The minimum absolute atomic E-state index is 0.0205. The number of carbonyl (C=O) groups is 1. The average molecular weight is 377 g/mol. The Morgan fingerprint density at radius 1 is 1.27 bits per heavy atom. The number of nitrogens with one attached hydrogen (secondary N) is 1. The van der Waals surface area contributed by atoms with Gasteiger partial charge in [0.05, 0.1) is 18.3 Å². The van der Waals surface area contributed by atoms with Crippen molar-refractivity contribution in [1.82, 2.24) is 25.1 Å². The summed E-state index contributed by atoms with van der Waals surface area (Å²) < 4.78 is 1.93. The highest BCUT2D eigenvalue weighted by Gasteiger charge is 2.30. The lowest BCUT2D eigenvalue weighted by Crippen LogP contribution is -2.38. The van der Waals surface area contributed by atoms with Crippen molar-refractivity contribution < 1.29 is 9.90 Å². The van der Waals surface area contributed by atoms with Crippen LogP contribution in [0.2, 0.25) is 5.02 Å². The van der Waals surface area contributed by atoms with Gasteiger partial charge in [-0.3, -0.25) is 9.69 Å². The second-order valence-corrected chi connectivity index (χ2v) is 7.41. The van der Waals surface area contributed by atoms with Gasteiger partial charge in [-0.2, -0.15) is 0 Å². The number of rotatable bonds is 5. The summed E-state index contributed by atoms with van der Waals surface area (Å²) in [6, 6.07) is 5.08. The molecule has 2 N–H and O–H groups in total. The highest BCUT2D eigenvalue weighted by molar-refractivity contribution is 6.31. The normalized spacial score (nSPS) is 18.8. The molecule has 2 aromatic rings. The van der Waals surface area contributed by atoms with E-state index in [9.17, 15) is 9.90 Å². The maximum Gasteiger partial charge on any atom is 0.227 e. The number of nitrogens with zero attached hydrogens (tertiary/aromatic N) is 5. The lowest BCUT2D eigenvalue weighted by Gasteiger charge is -2.30. The van der Waals surface area contributed by atoms with E-state index >= 15 is 0 Å². The Morgan fingerprint density at radius 3 is 2.77 bits per heavy atom. The quantitative estimate of drug-likeness (QED) is 0.777. The molecule has 26 heavy (non-hydrogen) atoms. The van der Waals surface area contributed by atoms with Crippen molar-refractivity contribution in [3.63, 3.8) is 0 Å². The molecule has 8 nitrogen and oxygen atoms in total. The molecule has 2 heterocycles. The van der Waals surface area contributed by atoms with Crippen LogP contribution in [-0.4, -0.2) is 49.2 Å². The highest BCUT2D eigenvalue weighted by Crippen LogP contribution is 2.34. The number of piperidine rings is 1. The summed E-state index contributed by atoms with van der Waals surface area (Å²) in [6.45, 7) is 2.35. The first-order valence-electron chi connectivity index (χ1n) is 8.88. The standard InChI is InChI=1S/C17H21ClN6O2/c18-12-1-4-15(25)14(9-12)19-17(26)11-5-7-23(8-6-11)10-16-20-21-22-24(16)13-2-3-13/h1,4,9,11,13,25H,2-3,5-8,10H2,(H,19,26). The van der Waals surface area contributed by atoms with Crippen LogP contribution >= 0.6 is 11.6 Å². The Morgan fingerprint density at radius 2 is 2.04 bits per heavy atom. The number of halogens is 1. The average Bonchev–Trinajstić information content (AvgIpc) is 3.38. The minimum atomic E-state index is -0.0796. The van der Waals surface area contributed by atoms with Gasteiger partial charge in [-0.05, 0) is 67.4 Å². The first-order chi connectivity index (χ1) is 12.6. The Kier molecular flexibility index (Phi) is 4.78. The molecule has 2 aliphatic rings. The predicted molar refractivity (Wildman–Crippen MR) is 95.8 cm³/mol. The topological polar surface area (TPSA) is 96.2 Å². The number of benzene rings is 1. The predicted octanol–water partition coefficient (Wildman–Crippen LogP) is 2.22. The first kappa shape index (κ1) is 17.2. The van der Waals surface area contributed by atoms with Crippen LogP contribution in [-0.2, 0) is 11.3 Å². The molecule has 0 spiro atoms. The molecule has 1 amide bonds. The van der Waals surface area contributed by atoms with Crippen LogP contribution in [0.1, 0.15) is 37.5 Å². The van der Waals surface area contributed by atoms with Crippen molar-refractivity contribution in [2.24, 2.45) is 5.92 Å². The molecule has 0 bridgehead atoms. The number of hydrogen-bond donors (Lipinski definition) is 2. The van der Waals surface area contributed by atoms with Gasteiger partial charge in [0.15, 0.2) is 5.82 Å². The van der Waals surface area contributed by atoms with E-state index in [1.54, 1.807) is 12.1 Å². The fraction of sp³-hybridized carbons (Fsp3) is 0.529.